The average Bonchev–Trinajstić information content (AvgIpc) is 2.89. The highest BCUT2D eigenvalue weighted by molar-refractivity contribution is 5.86. The highest BCUT2D eigenvalue weighted by Crippen LogP contribution is 2.33. The van der Waals surface area contributed by atoms with Crippen LogP contribution in [0.4, 0.5) is 4.39 Å². The zero-order valence-electron chi connectivity index (χ0n) is 9.69. The number of piperazine rings is 1. The molecule has 3 rings (SSSR count). The van der Waals surface area contributed by atoms with Gasteiger partial charge in [-0.05, 0) is 31.0 Å². The van der Waals surface area contributed by atoms with Crippen molar-refractivity contribution in [2.75, 3.05) is 6.54 Å². The number of halogens is 1. The Hall–Kier alpha value is -1.42. The predicted octanol–water partition coefficient (Wildman–Crippen LogP) is 1.46. The van der Waals surface area contributed by atoms with E-state index in [-0.39, 0.29) is 23.8 Å². The van der Waals surface area contributed by atoms with Gasteiger partial charge in [-0.3, -0.25) is 4.79 Å². The van der Waals surface area contributed by atoms with Crippen LogP contribution in [0.5, 0.6) is 0 Å². The first-order valence-corrected chi connectivity index (χ1v) is 5.98. The third-order valence-corrected chi connectivity index (χ3v) is 3.82. The Labute approximate surface area is 99.6 Å². The molecule has 1 aromatic carbocycles. The maximum Gasteiger partial charge on any atom is 0.240 e. The van der Waals surface area contributed by atoms with E-state index < -0.39 is 0 Å². The van der Waals surface area contributed by atoms with E-state index in [2.05, 4.69) is 5.32 Å². The van der Waals surface area contributed by atoms with Crippen LogP contribution in [-0.4, -0.2) is 29.4 Å². The molecule has 1 aromatic rings. The summed E-state index contributed by atoms with van der Waals surface area (Å²) in [7, 11) is 0. The van der Waals surface area contributed by atoms with E-state index in [4.69, 9.17) is 0 Å². The minimum Gasteiger partial charge on any atom is -0.330 e. The van der Waals surface area contributed by atoms with Crippen molar-refractivity contribution < 1.29 is 9.18 Å². The second kappa shape index (κ2) is 3.81. The number of carbonyl (C=O) groups excluding carboxylic acids is 1. The molecule has 0 radical (unpaired) electrons. The van der Waals surface area contributed by atoms with Crippen LogP contribution in [0.1, 0.15) is 24.9 Å². The number of nitrogens with one attached hydrogen (secondary N) is 1. The van der Waals surface area contributed by atoms with Crippen LogP contribution in [0, 0.1) is 5.82 Å². The highest BCUT2D eigenvalue weighted by Gasteiger charge is 2.46. The second-order valence-corrected chi connectivity index (χ2v) is 4.82. The van der Waals surface area contributed by atoms with Crippen molar-refractivity contribution in [2.24, 2.45) is 0 Å². The molecule has 2 fully saturated rings. The first kappa shape index (κ1) is 10.7. The van der Waals surface area contributed by atoms with Gasteiger partial charge in [-0.25, -0.2) is 4.39 Å². The fourth-order valence-corrected chi connectivity index (χ4v) is 2.89. The van der Waals surface area contributed by atoms with Gasteiger partial charge in [-0.15, -0.1) is 0 Å². The van der Waals surface area contributed by atoms with Crippen LogP contribution in [-0.2, 0) is 4.79 Å². The lowest BCUT2D eigenvalue weighted by molar-refractivity contribution is -0.134. The standard InChI is InChI=1S/C13H15FN2O/c1-8(9-2-4-10(14)5-3-9)16-11-6-12(13(16)17)15-7-11/h2-5,8,11-12,15H,6-7H2,1H3/t8-,11?,12?/m0/s1. The van der Waals surface area contributed by atoms with Gasteiger partial charge < -0.3 is 10.2 Å². The largest absolute Gasteiger partial charge is 0.330 e. The van der Waals surface area contributed by atoms with Crippen LogP contribution >= 0.6 is 0 Å². The number of hydrogen-bond donors (Lipinski definition) is 1. The molecule has 3 atom stereocenters. The zero-order valence-corrected chi connectivity index (χ0v) is 9.69. The first-order chi connectivity index (χ1) is 8.16. The molecule has 1 amide bonds. The third-order valence-electron chi connectivity index (χ3n) is 3.82. The van der Waals surface area contributed by atoms with Crippen molar-refractivity contribution in [3.63, 3.8) is 0 Å². The third kappa shape index (κ3) is 1.63. The number of nitrogens with zero attached hydrogens (tertiary/aromatic N) is 1. The molecule has 4 heteroatoms. The SMILES string of the molecule is C[C@@H](c1ccc(F)cc1)N1C(=O)C2CC1CN2. The lowest BCUT2D eigenvalue weighted by atomic mass is 10.1. The Kier molecular flexibility index (Phi) is 2.40. The number of hydrogen-bond acceptors (Lipinski definition) is 2. The van der Waals surface area contributed by atoms with Crippen molar-refractivity contribution >= 4 is 5.91 Å². The van der Waals surface area contributed by atoms with Gasteiger partial charge >= 0.3 is 0 Å². The van der Waals surface area contributed by atoms with Gasteiger partial charge in [-0.2, -0.15) is 0 Å². The molecular formula is C13H15FN2O. The van der Waals surface area contributed by atoms with E-state index in [1.807, 2.05) is 11.8 Å². The molecule has 0 aliphatic carbocycles. The number of amides is 1. The number of likely N-dealkylation sites (tertiary alicyclic amines) is 1. The number of rotatable bonds is 2. The molecule has 2 bridgehead atoms. The van der Waals surface area contributed by atoms with E-state index in [1.165, 1.54) is 12.1 Å². The average molecular weight is 234 g/mol. The van der Waals surface area contributed by atoms with Crippen LogP contribution in [0.3, 0.4) is 0 Å². The maximum atomic E-state index is 12.9. The van der Waals surface area contributed by atoms with Gasteiger partial charge in [0.15, 0.2) is 0 Å². The second-order valence-electron chi connectivity index (χ2n) is 4.82. The van der Waals surface area contributed by atoms with Gasteiger partial charge in [0.2, 0.25) is 5.91 Å². The molecule has 3 nitrogen and oxygen atoms in total. The van der Waals surface area contributed by atoms with Crippen LogP contribution < -0.4 is 5.32 Å². The molecule has 17 heavy (non-hydrogen) atoms. The molecule has 2 aliphatic rings. The van der Waals surface area contributed by atoms with Gasteiger partial charge in [0, 0.05) is 12.6 Å². The molecule has 2 aliphatic heterocycles. The smallest absolute Gasteiger partial charge is 0.240 e. The predicted molar refractivity (Wildman–Crippen MR) is 61.9 cm³/mol. The summed E-state index contributed by atoms with van der Waals surface area (Å²) in [5, 5.41) is 3.20. The molecule has 0 aromatic heterocycles. The van der Waals surface area contributed by atoms with Crippen molar-refractivity contribution in [1.29, 1.82) is 0 Å². The topological polar surface area (TPSA) is 32.3 Å². The van der Waals surface area contributed by atoms with Gasteiger partial charge in [0.25, 0.3) is 0 Å². The molecule has 0 saturated carbocycles. The Morgan fingerprint density at radius 2 is 2.12 bits per heavy atom. The number of carbonyl (C=O) groups is 1. The molecule has 2 saturated heterocycles. The highest BCUT2D eigenvalue weighted by atomic mass is 19.1. The Morgan fingerprint density at radius 1 is 1.41 bits per heavy atom. The van der Waals surface area contributed by atoms with E-state index in [9.17, 15) is 9.18 Å². The molecule has 2 heterocycles. The summed E-state index contributed by atoms with van der Waals surface area (Å²) in [5.41, 5.74) is 0.993. The Morgan fingerprint density at radius 3 is 2.71 bits per heavy atom. The van der Waals surface area contributed by atoms with Gasteiger partial charge in [0.1, 0.15) is 5.82 Å². The molecular weight excluding hydrogens is 219 g/mol. The van der Waals surface area contributed by atoms with Gasteiger partial charge in [-0.1, -0.05) is 12.1 Å². The lowest BCUT2D eigenvalue weighted by Gasteiger charge is -2.33. The minimum absolute atomic E-state index is 0.00268. The fraction of sp³-hybridized carbons (Fsp3) is 0.462. The summed E-state index contributed by atoms with van der Waals surface area (Å²) >= 11 is 0. The summed E-state index contributed by atoms with van der Waals surface area (Å²) in [6.45, 7) is 2.88. The quantitative estimate of drug-likeness (QED) is 0.840. The van der Waals surface area contributed by atoms with E-state index in [0.717, 1.165) is 18.5 Å². The number of fused-ring (bicyclic) bond motifs is 2. The van der Waals surface area contributed by atoms with Crippen molar-refractivity contribution in [1.82, 2.24) is 10.2 Å². The summed E-state index contributed by atoms with van der Waals surface area (Å²) in [5.74, 6) is -0.0602. The normalized spacial score (nSPS) is 28.8. The van der Waals surface area contributed by atoms with E-state index in [1.54, 1.807) is 12.1 Å². The zero-order chi connectivity index (χ0) is 12.0. The van der Waals surface area contributed by atoms with E-state index >= 15 is 0 Å². The van der Waals surface area contributed by atoms with Gasteiger partial charge in [0.05, 0.1) is 12.1 Å². The summed E-state index contributed by atoms with van der Waals surface area (Å²) in [6, 6.07) is 6.74. The Balaban J connectivity index is 1.85. The summed E-state index contributed by atoms with van der Waals surface area (Å²) in [6.07, 6.45) is 0.907. The summed E-state index contributed by atoms with van der Waals surface area (Å²) in [4.78, 5) is 14.0. The molecule has 2 unspecified atom stereocenters. The first-order valence-electron chi connectivity index (χ1n) is 5.98. The van der Waals surface area contributed by atoms with Crippen molar-refractivity contribution in [2.45, 2.75) is 31.5 Å². The van der Waals surface area contributed by atoms with Crippen molar-refractivity contribution in [3.8, 4) is 0 Å². The van der Waals surface area contributed by atoms with Crippen LogP contribution in [0.15, 0.2) is 24.3 Å². The van der Waals surface area contributed by atoms with Crippen LogP contribution in [0.25, 0.3) is 0 Å². The van der Waals surface area contributed by atoms with E-state index in [0.29, 0.717) is 6.04 Å². The maximum absolute atomic E-state index is 12.9. The molecule has 0 spiro atoms. The number of benzene rings is 1. The van der Waals surface area contributed by atoms with Crippen molar-refractivity contribution in [3.05, 3.63) is 35.6 Å². The molecule has 1 N–H and O–H groups in total. The fourth-order valence-electron chi connectivity index (χ4n) is 2.89. The Bertz CT molecular complexity index is 445. The minimum atomic E-state index is -0.239. The molecule has 90 valence electrons. The lowest BCUT2D eigenvalue weighted by Crippen LogP contribution is -2.48. The summed E-state index contributed by atoms with van der Waals surface area (Å²) < 4.78 is 12.9. The monoisotopic (exact) mass is 234 g/mol. The van der Waals surface area contributed by atoms with Crippen LogP contribution in [0.2, 0.25) is 0 Å².